The molecular weight excluding hydrogens is 172 g/mol. The minimum absolute atomic E-state index is 0.00551. The maximum atomic E-state index is 10.5. The summed E-state index contributed by atoms with van der Waals surface area (Å²) in [5.41, 5.74) is 0.392. The summed E-state index contributed by atoms with van der Waals surface area (Å²) in [6.45, 7) is 0. The van der Waals surface area contributed by atoms with Crippen LogP contribution in [-0.4, -0.2) is 15.0 Å². The summed E-state index contributed by atoms with van der Waals surface area (Å²) in [6.07, 6.45) is 1.55. The van der Waals surface area contributed by atoms with Gasteiger partial charge in [-0.15, -0.1) is 0 Å². The number of aromatic nitrogens is 1. The van der Waals surface area contributed by atoms with Crippen molar-refractivity contribution in [2.75, 3.05) is 0 Å². The summed E-state index contributed by atoms with van der Waals surface area (Å²) in [5.74, 6) is 0.0191. The molecule has 0 fully saturated rings. The minimum atomic E-state index is -0.477. The van der Waals surface area contributed by atoms with Crippen LogP contribution in [0.3, 0.4) is 0 Å². The van der Waals surface area contributed by atoms with E-state index in [-0.39, 0.29) is 11.4 Å². The van der Waals surface area contributed by atoms with E-state index in [2.05, 4.69) is 4.98 Å². The summed E-state index contributed by atoms with van der Waals surface area (Å²) in [5, 5.41) is 20.3. The highest BCUT2D eigenvalue weighted by Crippen LogP contribution is 2.30. The normalized spacial score (nSPS) is 10.5. The molecule has 66 valence electrons. The zero-order valence-corrected chi connectivity index (χ0v) is 6.52. The number of nitrogens with one attached hydrogen (secondary N) is 1. The van der Waals surface area contributed by atoms with Crippen molar-refractivity contribution in [3.8, 4) is 5.75 Å². The lowest BCUT2D eigenvalue weighted by Crippen LogP contribution is -1.87. The van der Waals surface area contributed by atoms with Crippen molar-refractivity contribution < 1.29 is 10.0 Å². The summed E-state index contributed by atoms with van der Waals surface area (Å²) >= 11 is 0. The first-order valence-corrected chi connectivity index (χ1v) is 3.63. The van der Waals surface area contributed by atoms with Crippen LogP contribution in [0.5, 0.6) is 5.75 Å². The summed E-state index contributed by atoms with van der Waals surface area (Å²) in [4.78, 5) is 12.8. The molecule has 0 aliphatic heterocycles. The Hall–Kier alpha value is -2.04. The lowest BCUT2D eigenvalue weighted by atomic mass is 10.2. The highest BCUT2D eigenvalue weighted by atomic mass is 16.6. The molecule has 1 aromatic heterocycles. The number of phenolic OH excluding ortho intramolecular Hbond substituents is 1. The summed E-state index contributed by atoms with van der Waals surface area (Å²) < 4.78 is 0. The number of rotatable bonds is 1. The first-order chi connectivity index (χ1) is 6.20. The molecule has 13 heavy (non-hydrogen) atoms. The van der Waals surface area contributed by atoms with Crippen LogP contribution in [0.1, 0.15) is 0 Å². The molecule has 0 bridgehead atoms. The van der Waals surface area contributed by atoms with E-state index in [4.69, 9.17) is 0 Å². The topological polar surface area (TPSA) is 79.2 Å². The lowest BCUT2D eigenvalue weighted by Gasteiger charge is -1.95. The Kier molecular flexibility index (Phi) is 1.45. The van der Waals surface area contributed by atoms with Crippen molar-refractivity contribution in [1.82, 2.24) is 4.98 Å². The predicted octanol–water partition coefficient (Wildman–Crippen LogP) is 1.78. The fraction of sp³-hybridized carbons (Fsp3) is 0. The Morgan fingerprint density at radius 1 is 1.38 bits per heavy atom. The maximum Gasteiger partial charge on any atom is 0.279 e. The highest BCUT2D eigenvalue weighted by Gasteiger charge is 2.13. The van der Waals surface area contributed by atoms with Crippen molar-refractivity contribution in [1.29, 1.82) is 0 Å². The molecule has 0 atom stereocenters. The second kappa shape index (κ2) is 2.48. The number of non-ortho nitro benzene ring substituents is 1. The van der Waals surface area contributed by atoms with E-state index < -0.39 is 4.92 Å². The Morgan fingerprint density at radius 3 is 2.85 bits per heavy atom. The maximum absolute atomic E-state index is 10.5. The zero-order valence-electron chi connectivity index (χ0n) is 6.52. The summed E-state index contributed by atoms with van der Waals surface area (Å²) in [7, 11) is 0. The molecule has 0 amide bonds. The van der Waals surface area contributed by atoms with E-state index >= 15 is 0 Å². The van der Waals surface area contributed by atoms with Gasteiger partial charge in [-0.2, -0.15) is 0 Å². The predicted molar refractivity (Wildman–Crippen MR) is 46.6 cm³/mol. The Labute approximate surface area is 72.8 Å². The van der Waals surface area contributed by atoms with Crippen molar-refractivity contribution in [2.24, 2.45) is 0 Å². The van der Waals surface area contributed by atoms with Gasteiger partial charge in [0.15, 0.2) is 0 Å². The van der Waals surface area contributed by atoms with Crippen LogP contribution >= 0.6 is 0 Å². The smallest absolute Gasteiger partial charge is 0.279 e. The van der Waals surface area contributed by atoms with Gasteiger partial charge in [0.05, 0.1) is 15.8 Å². The standard InChI is InChI=1S/C8H6N2O3/c11-7-2-1-6(10(12)13)5-3-4-9-8(5)7/h1-4,9,11H. The Balaban J connectivity index is 2.86. The third kappa shape index (κ3) is 1.01. The average Bonchev–Trinajstić information content (AvgIpc) is 2.53. The van der Waals surface area contributed by atoms with Gasteiger partial charge in [-0.25, -0.2) is 0 Å². The van der Waals surface area contributed by atoms with Crippen LogP contribution in [0.4, 0.5) is 5.69 Å². The summed E-state index contributed by atoms with van der Waals surface area (Å²) in [6, 6.07) is 4.15. The number of hydrogen-bond acceptors (Lipinski definition) is 3. The van der Waals surface area contributed by atoms with Gasteiger partial charge in [0.2, 0.25) is 0 Å². The zero-order chi connectivity index (χ0) is 9.42. The van der Waals surface area contributed by atoms with Crippen molar-refractivity contribution in [2.45, 2.75) is 0 Å². The van der Waals surface area contributed by atoms with Crippen molar-refractivity contribution >= 4 is 16.6 Å². The van der Waals surface area contributed by atoms with Gasteiger partial charge in [-0.05, 0) is 12.1 Å². The SMILES string of the molecule is O=[N+]([O-])c1ccc(O)c2[nH]ccc12. The van der Waals surface area contributed by atoms with Gasteiger partial charge < -0.3 is 10.1 Å². The van der Waals surface area contributed by atoms with Crippen LogP contribution in [-0.2, 0) is 0 Å². The monoisotopic (exact) mass is 178 g/mol. The average molecular weight is 178 g/mol. The number of fused-ring (bicyclic) bond motifs is 1. The number of aromatic amines is 1. The quantitative estimate of drug-likeness (QED) is 0.516. The molecule has 0 aliphatic carbocycles. The molecule has 5 heteroatoms. The van der Waals surface area contributed by atoms with E-state index in [9.17, 15) is 15.2 Å². The third-order valence-electron chi connectivity index (χ3n) is 1.87. The number of phenols is 1. The number of benzene rings is 1. The van der Waals surface area contributed by atoms with Crippen LogP contribution in [0, 0.1) is 10.1 Å². The number of nitro benzene ring substituents is 1. The van der Waals surface area contributed by atoms with E-state index in [0.29, 0.717) is 10.9 Å². The van der Waals surface area contributed by atoms with Crippen molar-refractivity contribution in [3.63, 3.8) is 0 Å². The molecule has 0 spiro atoms. The first-order valence-electron chi connectivity index (χ1n) is 3.63. The number of hydrogen-bond donors (Lipinski definition) is 2. The van der Waals surface area contributed by atoms with Crippen LogP contribution in [0.25, 0.3) is 10.9 Å². The van der Waals surface area contributed by atoms with Gasteiger partial charge >= 0.3 is 0 Å². The molecule has 0 saturated heterocycles. The second-order valence-corrected chi connectivity index (χ2v) is 2.63. The third-order valence-corrected chi connectivity index (χ3v) is 1.87. The molecule has 2 rings (SSSR count). The molecule has 0 radical (unpaired) electrons. The largest absolute Gasteiger partial charge is 0.506 e. The fourth-order valence-electron chi connectivity index (χ4n) is 1.28. The van der Waals surface area contributed by atoms with E-state index in [1.807, 2.05) is 0 Å². The molecule has 1 heterocycles. The number of nitro groups is 1. The number of aromatic hydroxyl groups is 1. The highest BCUT2D eigenvalue weighted by molar-refractivity contribution is 5.92. The van der Waals surface area contributed by atoms with Gasteiger partial charge in [0.1, 0.15) is 5.75 Å². The molecule has 0 unspecified atom stereocenters. The molecule has 2 N–H and O–H groups in total. The molecule has 0 aliphatic rings. The van der Waals surface area contributed by atoms with Crippen LogP contribution in [0.2, 0.25) is 0 Å². The lowest BCUT2D eigenvalue weighted by molar-refractivity contribution is -0.383. The van der Waals surface area contributed by atoms with E-state index in [1.54, 1.807) is 12.3 Å². The van der Waals surface area contributed by atoms with Crippen LogP contribution < -0.4 is 0 Å². The molecule has 1 aromatic carbocycles. The van der Waals surface area contributed by atoms with Gasteiger partial charge in [0.25, 0.3) is 5.69 Å². The molecule has 5 nitrogen and oxygen atoms in total. The minimum Gasteiger partial charge on any atom is -0.506 e. The van der Waals surface area contributed by atoms with Crippen LogP contribution in [0.15, 0.2) is 24.4 Å². The van der Waals surface area contributed by atoms with Gasteiger partial charge in [0, 0.05) is 12.3 Å². The van der Waals surface area contributed by atoms with Gasteiger partial charge in [-0.1, -0.05) is 0 Å². The molecule has 2 aromatic rings. The van der Waals surface area contributed by atoms with Crippen molar-refractivity contribution in [3.05, 3.63) is 34.5 Å². The fourth-order valence-corrected chi connectivity index (χ4v) is 1.28. The van der Waals surface area contributed by atoms with Gasteiger partial charge in [-0.3, -0.25) is 10.1 Å². The number of nitrogens with zero attached hydrogens (tertiary/aromatic N) is 1. The Morgan fingerprint density at radius 2 is 2.15 bits per heavy atom. The first kappa shape index (κ1) is 7.60. The number of H-pyrrole nitrogens is 1. The molecular formula is C8H6N2O3. The van der Waals surface area contributed by atoms with E-state index in [1.165, 1.54) is 12.1 Å². The molecule has 0 saturated carbocycles. The Bertz CT molecular complexity index is 475. The van der Waals surface area contributed by atoms with E-state index in [0.717, 1.165) is 0 Å². The second-order valence-electron chi connectivity index (χ2n) is 2.63.